The van der Waals surface area contributed by atoms with Crippen LogP contribution in [0, 0.1) is 5.21 Å². The quantitative estimate of drug-likeness (QED) is 0.483. The molecule has 1 aliphatic heterocycles. The molecule has 2 aromatic rings. The van der Waals surface area contributed by atoms with E-state index in [1.165, 1.54) is 13.1 Å². The molecule has 0 spiro atoms. The summed E-state index contributed by atoms with van der Waals surface area (Å²) >= 11 is 0. The van der Waals surface area contributed by atoms with Crippen molar-refractivity contribution < 1.29 is 14.3 Å². The second-order valence-corrected chi connectivity index (χ2v) is 5.08. The van der Waals surface area contributed by atoms with Gasteiger partial charge in [-0.15, -0.1) is 0 Å². The molecule has 1 aromatic heterocycles. The summed E-state index contributed by atoms with van der Waals surface area (Å²) in [6.45, 7) is 3.44. The van der Waals surface area contributed by atoms with Crippen molar-refractivity contribution in [3.8, 4) is 5.75 Å². The highest BCUT2D eigenvalue weighted by Crippen LogP contribution is 2.35. The Morgan fingerprint density at radius 2 is 2.10 bits per heavy atom. The number of ether oxygens (including phenoxy) is 1. The first-order valence-corrected chi connectivity index (χ1v) is 6.78. The minimum Gasteiger partial charge on any atom is -0.618 e. The minimum atomic E-state index is -0.129. The number of Topliss-reactive ketones (excluding diaryl/α,β-unsaturated/α-hetero) is 1. The maximum absolute atomic E-state index is 12.0. The van der Waals surface area contributed by atoms with Crippen LogP contribution in [0.15, 0.2) is 48.7 Å². The van der Waals surface area contributed by atoms with Gasteiger partial charge in [-0.05, 0) is 44.2 Å². The van der Waals surface area contributed by atoms with Gasteiger partial charge >= 0.3 is 0 Å². The highest BCUT2D eigenvalue weighted by molar-refractivity contribution is 5.96. The third kappa shape index (κ3) is 2.40. The highest BCUT2D eigenvalue weighted by Gasteiger charge is 2.24. The van der Waals surface area contributed by atoms with Crippen LogP contribution in [0.25, 0.3) is 5.57 Å². The summed E-state index contributed by atoms with van der Waals surface area (Å²) in [6, 6.07) is 10.6. The third-order valence-electron chi connectivity index (χ3n) is 3.49. The Morgan fingerprint density at radius 1 is 1.29 bits per heavy atom. The molecule has 2 heterocycles. The molecule has 21 heavy (non-hydrogen) atoms. The first-order chi connectivity index (χ1) is 10.1. The van der Waals surface area contributed by atoms with E-state index >= 15 is 0 Å². The average molecular weight is 281 g/mol. The number of nitrogens with zero attached hydrogens (tertiary/aromatic N) is 1. The predicted molar refractivity (Wildman–Crippen MR) is 79.0 cm³/mol. The first kappa shape index (κ1) is 13.4. The van der Waals surface area contributed by atoms with Gasteiger partial charge in [0.15, 0.2) is 12.0 Å². The molecule has 0 saturated heterocycles. The zero-order valence-corrected chi connectivity index (χ0v) is 11.9. The molecule has 0 radical (unpaired) electrons. The van der Waals surface area contributed by atoms with Crippen molar-refractivity contribution in [1.82, 2.24) is 0 Å². The van der Waals surface area contributed by atoms with E-state index in [0.717, 1.165) is 15.9 Å². The van der Waals surface area contributed by atoms with Gasteiger partial charge in [-0.3, -0.25) is 4.79 Å². The molecule has 0 amide bonds. The number of rotatable bonds is 2. The fourth-order valence-corrected chi connectivity index (χ4v) is 2.48. The van der Waals surface area contributed by atoms with Crippen LogP contribution in [0.4, 0.5) is 0 Å². The number of carbonyl (C=O) groups is 1. The van der Waals surface area contributed by atoms with E-state index in [4.69, 9.17) is 4.74 Å². The Hall–Kier alpha value is -2.62. The van der Waals surface area contributed by atoms with Crippen LogP contribution >= 0.6 is 0 Å². The maximum atomic E-state index is 12.0. The van der Waals surface area contributed by atoms with Gasteiger partial charge in [-0.25, -0.2) is 0 Å². The van der Waals surface area contributed by atoms with Gasteiger partial charge in [0.2, 0.25) is 5.69 Å². The van der Waals surface area contributed by atoms with E-state index in [1.807, 2.05) is 19.1 Å². The largest absolute Gasteiger partial charge is 0.618 e. The number of fused-ring (bicyclic) bond motifs is 1. The maximum Gasteiger partial charge on any atom is 0.224 e. The Labute approximate surface area is 122 Å². The van der Waals surface area contributed by atoms with E-state index in [0.29, 0.717) is 17.0 Å². The monoisotopic (exact) mass is 281 g/mol. The van der Waals surface area contributed by atoms with Crippen molar-refractivity contribution >= 4 is 11.4 Å². The summed E-state index contributed by atoms with van der Waals surface area (Å²) in [6.07, 6.45) is 3.23. The summed E-state index contributed by atoms with van der Waals surface area (Å²) in [5, 5.41) is 12.0. The minimum absolute atomic E-state index is 0.0150. The van der Waals surface area contributed by atoms with E-state index in [-0.39, 0.29) is 11.9 Å². The molecular weight excluding hydrogens is 266 g/mol. The summed E-state index contributed by atoms with van der Waals surface area (Å²) < 4.78 is 6.59. The number of hydrogen-bond donors (Lipinski definition) is 0. The Kier molecular flexibility index (Phi) is 3.22. The fourth-order valence-electron chi connectivity index (χ4n) is 2.48. The second-order valence-electron chi connectivity index (χ2n) is 5.08. The smallest absolute Gasteiger partial charge is 0.224 e. The lowest BCUT2D eigenvalue weighted by Crippen LogP contribution is -2.31. The summed E-state index contributed by atoms with van der Waals surface area (Å²) in [5.41, 5.74) is 2.72. The lowest BCUT2D eigenvalue weighted by molar-refractivity contribution is -0.607. The van der Waals surface area contributed by atoms with Crippen LogP contribution < -0.4 is 9.47 Å². The number of carbonyl (C=O) groups excluding carboxylic acids is 1. The molecule has 1 aliphatic rings. The SMILES string of the molecule is CC(=O)c1ccc2c(c1)C(c1cccc[n+]1[O-])=CC(C)O2. The molecule has 4 nitrogen and oxygen atoms in total. The Morgan fingerprint density at radius 3 is 2.81 bits per heavy atom. The predicted octanol–water partition coefficient (Wildman–Crippen LogP) is 2.74. The van der Waals surface area contributed by atoms with Gasteiger partial charge < -0.3 is 9.94 Å². The van der Waals surface area contributed by atoms with Crippen molar-refractivity contribution in [1.29, 1.82) is 0 Å². The van der Waals surface area contributed by atoms with Gasteiger partial charge in [0.05, 0.1) is 5.57 Å². The molecule has 0 aliphatic carbocycles. The van der Waals surface area contributed by atoms with Gasteiger partial charge in [0.1, 0.15) is 11.9 Å². The van der Waals surface area contributed by atoms with Crippen molar-refractivity contribution in [3.63, 3.8) is 0 Å². The molecule has 0 N–H and O–H groups in total. The topological polar surface area (TPSA) is 53.2 Å². The number of ketones is 1. The average Bonchev–Trinajstić information content (AvgIpc) is 2.46. The number of hydrogen-bond acceptors (Lipinski definition) is 3. The number of benzene rings is 1. The first-order valence-electron chi connectivity index (χ1n) is 6.78. The standard InChI is InChI=1S/C17H15NO3/c1-11-9-14(16-5-3-4-8-18(16)20)15-10-13(12(2)19)6-7-17(15)21-11/h3-11H,1-2H3. The molecule has 1 aromatic carbocycles. The Bertz CT molecular complexity index is 749. The van der Waals surface area contributed by atoms with Crippen LogP contribution in [-0.4, -0.2) is 11.9 Å². The van der Waals surface area contributed by atoms with E-state index < -0.39 is 0 Å². The molecule has 106 valence electrons. The zero-order chi connectivity index (χ0) is 15.0. The zero-order valence-electron chi connectivity index (χ0n) is 11.9. The molecule has 1 unspecified atom stereocenters. The second kappa shape index (κ2) is 5.05. The normalized spacial score (nSPS) is 16.7. The van der Waals surface area contributed by atoms with Gasteiger partial charge in [0.25, 0.3) is 0 Å². The molecule has 4 heteroatoms. The van der Waals surface area contributed by atoms with Crippen LogP contribution in [0.2, 0.25) is 0 Å². The third-order valence-corrected chi connectivity index (χ3v) is 3.49. The summed E-state index contributed by atoms with van der Waals surface area (Å²) in [5.74, 6) is 0.674. The molecule has 0 fully saturated rings. The van der Waals surface area contributed by atoms with Crippen LogP contribution in [0.3, 0.4) is 0 Å². The summed E-state index contributed by atoms with van der Waals surface area (Å²) in [7, 11) is 0. The van der Waals surface area contributed by atoms with Crippen LogP contribution in [0.1, 0.15) is 35.5 Å². The van der Waals surface area contributed by atoms with E-state index in [9.17, 15) is 10.0 Å². The fraction of sp³-hybridized carbons (Fsp3) is 0.176. The van der Waals surface area contributed by atoms with Crippen LogP contribution in [0.5, 0.6) is 5.75 Å². The van der Waals surface area contributed by atoms with Gasteiger partial charge in [-0.2, -0.15) is 4.73 Å². The van der Waals surface area contributed by atoms with Gasteiger partial charge in [0, 0.05) is 23.3 Å². The van der Waals surface area contributed by atoms with Crippen molar-refractivity contribution in [2.75, 3.05) is 0 Å². The number of pyridine rings is 1. The molecule has 0 bridgehead atoms. The van der Waals surface area contributed by atoms with Crippen molar-refractivity contribution in [3.05, 3.63) is 70.7 Å². The summed E-state index contributed by atoms with van der Waals surface area (Å²) in [4.78, 5) is 11.6. The van der Waals surface area contributed by atoms with Crippen molar-refractivity contribution in [2.45, 2.75) is 20.0 Å². The molecular formula is C17H15NO3. The van der Waals surface area contributed by atoms with Crippen molar-refractivity contribution in [2.24, 2.45) is 0 Å². The van der Waals surface area contributed by atoms with Crippen LogP contribution in [-0.2, 0) is 0 Å². The highest BCUT2D eigenvalue weighted by atomic mass is 16.5. The number of aromatic nitrogens is 1. The molecule has 3 rings (SSSR count). The molecule has 0 saturated carbocycles. The molecule has 1 atom stereocenters. The Balaban J connectivity index is 2.20. The van der Waals surface area contributed by atoms with E-state index in [2.05, 4.69) is 0 Å². The lowest BCUT2D eigenvalue weighted by atomic mass is 9.94. The van der Waals surface area contributed by atoms with Gasteiger partial charge in [-0.1, -0.05) is 0 Å². The lowest BCUT2D eigenvalue weighted by Gasteiger charge is -2.23. The van der Waals surface area contributed by atoms with E-state index in [1.54, 1.807) is 30.3 Å².